The topological polar surface area (TPSA) is 95.1 Å². The molecule has 2 aromatic rings. The summed E-state index contributed by atoms with van der Waals surface area (Å²) in [5, 5.41) is 6.81. The number of aromatic nitrogens is 4. The highest BCUT2D eigenvalue weighted by atomic mass is 32.2. The van der Waals surface area contributed by atoms with E-state index in [1.165, 1.54) is 0 Å². The van der Waals surface area contributed by atoms with Gasteiger partial charge in [-0.3, -0.25) is 5.10 Å². The minimum atomic E-state index is -3.49. The first-order chi connectivity index (χ1) is 11.9. The maximum atomic E-state index is 13.0. The van der Waals surface area contributed by atoms with Crippen molar-refractivity contribution in [1.82, 2.24) is 24.5 Å². The quantitative estimate of drug-likeness (QED) is 0.871. The summed E-state index contributed by atoms with van der Waals surface area (Å²) in [4.78, 5) is 11.0. The lowest BCUT2D eigenvalue weighted by atomic mass is 10.0. The van der Waals surface area contributed by atoms with Crippen LogP contribution < -0.4 is 4.90 Å². The van der Waals surface area contributed by atoms with E-state index in [0.717, 1.165) is 24.5 Å². The molecule has 2 aliphatic rings. The van der Waals surface area contributed by atoms with E-state index >= 15 is 0 Å². The van der Waals surface area contributed by atoms with Gasteiger partial charge in [-0.25, -0.2) is 18.4 Å². The van der Waals surface area contributed by atoms with Crippen LogP contribution in [-0.4, -0.2) is 59.1 Å². The first-order valence-electron chi connectivity index (χ1n) is 8.41. The largest absolute Gasteiger partial charge is 0.356 e. The van der Waals surface area contributed by atoms with Gasteiger partial charge in [0.15, 0.2) is 0 Å². The number of rotatable bonds is 3. The van der Waals surface area contributed by atoms with Gasteiger partial charge in [0, 0.05) is 37.9 Å². The van der Waals surface area contributed by atoms with Crippen LogP contribution in [0.3, 0.4) is 0 Å². The van der Waals surface area contributed by atoms with Crippen molar-refractivity contribution in [2.45, 2.75) is 25.7 Å². The third kappa shape index (κ3) is 2.62. The fourth-order valence-electron chi connectivity index (χ4n) is 4.09. The highest BCUT2D eigenvalue weighted by Gasteiger charge is 2.45. The molecule has 0 saturated carbocycles. The molecule has 0 amide bonds. The van der Waals surface area contributed by atoms with Gasteiger partial charge in [0.05, 0.1) is 11.4 Å². The van der Waals surface area contributed by atoms with Crippen LogP contribution >= 0.6 is 0 Å². The Morgan fingerprint density at radius 3 is 2.36 bits per heavy atom. The van der Waals surface area contributed by atoms with E-state index in [0.29, 0.717) is 41.2 Å². The highest BCUT2D eigenvalue weighted by Crippen LogP contribution is 2.37. The van der Waals surface area contributed by atoms with Crippen LogP contribution in [0.1, 0.15) is 17.0 Å². The summed E-state index contributed by atoms with van der Waals surface area (Å²) in [5.74, 6) is 1.62. The molecular formula is C16H22N6O2S. The molecule has 134 valence electrons. The zero-order chi connectivity index (χ0) is 17.8. The van der Waals surface area contributed by atoms with Gasteiger partial charge in [-0.05, 0) is 32.6 Å². The average Bonchev–Trinajstić information content (AvgIpc) is 3.21. The average molecular weight is 362 g/mol. The van der Waals surface area contributed by atoms with Gasteiger partial charge in [-0.15, -0.1) is 0 Å². The summed E-state index contributed by atoms with van der Waals surface area (Å²) < 4.78 is 27.6. The Hall–Kier alpha value is -2.00. The monoisotopic (exact) mass is 362 g/mol. The van der Waals surface area contributed by atoms with Crippen molar-refractivity contribution < 1.29 is 8.42 Å². The zero-order valence-corrected chi connectivity index (χ0v) is 15.4. The summed E-state index contributed by atoms with van der Waals surface area (Å²) in [5.41, 5.74) is 2.19. The van der Waals surface area contributed by atoms with Gasteiger partial charge < -0.3 is 4.90 Å². The van der Waals surface area contributed by atoms with Crippen LogP contribution in [0, 0.1) is 32.6 Å². The van der Waals surface area contributed by atoms with Crippen molar-refractivity contribution in [3.63, 3.8) is 0 Å². The Balaban J connectivity index is 1.53. The van der Waals surface area contributed by atoms with Gasteiger partial charge in [0.1, 0.15) is 17.0 Å². The summed E-state index contributed by atoms with van der Waals surface area (Å²) in [6.45, 7) is 8.26. The Morgan fingerprint density at radius 2 is 1.80 bits per heavy atom. The molecule has 4 heterocycles. The van der Waals surface area contributed by atoms with E-state index in [4.69, 9.17) is 0 Å². The lowest BCUT2D eigenvalue weighted by Gasteiger charge is -2.23. The van der Waals surface area contributed by atoms with E-state index < -0.39 is 10.0 Å². The van der Waals surface area contributed by atoms with Crippen molar-refractivity contribution in [2.75, 3.05) is 31.1 Å². The second kappa shape index (κ2) is 5.77. The molecule has 9 heteroatoms. The van der Waals surface area contributed by atoms with Gasteiger partial charge in [0.2, 0.25) is 10.0 Å². The second-order valence-electron chi connectivity index (χ2n) is 7.04. The number of nitrogens with one attached hydrogen (secondary N) is 1. The standard InChI is InChI=1S/C16H22N6O2S/c1-10-4-17-9-18-16(10)21-5-13-7-22(8-14(13)6-21)25(23,24)15-11(2)19-20-12(15)3/h4,9,13-14H,5-8H2,1-3H3,(H,19,20). The van der Waals surface area contributed by atoms with Crippen molar-refractivity contribution in [3.8, 4) is 0 Å². The number of H-pyrrole nitrogens is 1. The predicted molar refractivity (Wildman–Crippen MR) is 92.8 cm³/mol. The SMILES string of the molecule is Cc1cncnc1N1CC2CN(S(=O)(=O)c3c(C)n[nH]c3C)CC2C1. The molecule has 2 aromatic heterocycles. The number of hydrogen-bond donors (Lipinski definition) is 1. The number of anilines is 1. The van der Waals surface area contributed by atoms with Crippen molar-refractivity contribution in [1.29, 1.82) is 0 Å². The van der Waals surface area contributed by atoms with Crippen molar-refractivity contribution >= 4 is 15.8 Å². The molecule has 0 spiro atoms. The van der Waals surface area contributed by atoms with Crippen LogP contribution in [0.5, 0.6) is 0 Å². The lowest BCUT2D eigenvalue weighted by Crippen LogP contribution is -2.34. The van der Waals surface area contributed by atoms with E-state index in [2.05, 4.69) is 25.1 Å². The summed E-state index contributed by atoms with van der Waals surface area (Å²) in [6, 6.07) is 0. The fourth-order valence-corrected chi connectivity index (χ4v) is 5.98. The molecule has 2 unspecified atom stereocenters. The zero-order valence-electron chi connectivity index (χ0n) is 14.6. The van der Waals surface area contributed by atoms with Crippen molar-refractivity contribution in [3.05, 3.63) is 29.5 Å². The summed E-state index contributed by atoms with van der Waals surface area (Å²) in [7, 11) is -3.49. The smallest absolute Gasteiger partial charge is 0.246 e. The molecule has 8 nitrogen and oxygen atoms in total. The summed E-state index contributed by atoms with van der Waals surface area (Å²) >= 11 is 0. The predicted octanol–water partition coefficient (Wildman–Crippen LogP) is 0.882. The van der Waals surface area contributed by atoms with E-state index in [-0.39, 0.29) is 0 Å². The second-order valence-corrected chi connectivity index (χ2v) is 8.91. The molecule has 4 rings (SSSR count). The lowest BCUT2D eigenvalue weighted by molar-refractivity contribution is 0.452. The van der Waals surface area contributed by atoms with Crippen LogP contribution in [0.2, 0.25) is 0 Å². The van der Waals surface area contributed by atoms with Crippen LogP contribution in [0.15, 0.2) is 17.4 Å². The molecule has 2 atom stereocenters. The molecule has 0 aromatic carbocycles. The van der Waals surface area contributed by atoms with E-state index in [9.17, 15) is 8.42 Å². The molecule has 2 saturated heterocycles. The number of nitrogens with zero attached hydrogens (tertiary/aromatic N) is 5. The maximum absolute atomic E-state index is 13.0. The third-order valence-corrected chi connectivity index (χ3v) is 7.37. The Bertz CT molecular complexity index is 876. The van der Waals surface area contributed by atoms with Gasteiger partial charge in [-0.1, -0.05) is 0 Å². The third-order valence-electron chi connectivity index (χ3n) is 5.28. The molecule has 2 aliphatic heterocycles. The Labute approximate surface area is 147 Å². The Kier molecular flexibility index (Phi) is 3.80. The van der Waals surface area contributed by atoms with Crippen LogP contribution in [-0.2, 0) is 10.0 Å². The fraction of sp³-hybridized carbons (Fsp3) is 0.562. The number of aryl methyl sites for hydroxylation is 3. The molecule has 25 heavy (non-hydrogen) atoms. The van der Waals surface area contributed by atoms with Gasteiger partial charge in [0.25, 0.3) is 0 Å². The molecule has 0 bridgehead atoms. The first kappa shape index (κ1) is 16.5. The van der Waals surface area contributed by atoms with Gasteiger partial charge in [-0.2, -0.15) is 9.40 Å². The van der Waals surface area contributed by atoms with E-state index in [1.807, 2.05) is 13.1 Å². The number of hydrogen-bond acceptors (Lipinski definition) is 6. The molecule has 0 radical (unpaired) electrons. The number of aromatic amines is 1. The minimum Gasteiger partial charge on any atom is -0.356 e. The molecular weight excluding hydrogens is 340 g/mol. The minimum absolute atomic E-state index is 0.330. The van der Waals surface area contributed by atoms with E-state index in [1.54, 1.807) is 24.5 Å². The molecule has 2 fully saturated rings. The van der Waals surface area contributed by atoms with Gasteiger partial charge >= 0.3 is 0 Å². The number of sulfonamides is 1. The molecule has 0 aliphatic carbocycles. The molecule has 1 N–H and O–H groups in total. The normalized spacial score (nSPS) is 24.0. The highest BCUT2D eigenvalue weighted by molar-refractivity contribution is 7.89. The maximum Gasteiger partial charge on any atom is 0.246 e. The van der Waals surface area contributed by atoms with Crippen molar-refractivity contribution in [2.24, 2.45) is 11.8 Å². The number of fused-ring (bicyclic) bond motifs is 1. The van der Waals surface area contributed by atoms with Crippen LogP contribution in [0.4, 0.5) is 5.82 Å². The van der Waals surface area contributed by atoms with Crippen LogP contribution in [0.25, 0.3) is 0 Å². The summed E-state index contributed by atoms with van der Waals surface area (Å²) in [6.07, 6.45) is 3.38. The Morgan fingerprint density at radius 1 is 1.12 bits per heavy atom. The first-order valence-corrected chi connectivity index (χ1v) is 9.85.